The highest BCUT2D eigenvalue weighted by Crippen LogP contribution is 2.25. The predicted molar refractivity (Wildman–Crippen MR) is 71.9 cm³/mol. The van der Waals surface area contributed by atoms with Crippen LogP contribution >= 0.6 is 0 Å². The van der Waals surface area contributed by atoms with Crippen LogP contribution in [0.4, 0.5) is 0 Å². The van der Waals surface area contributed by atoms with Crippen molar-refractivity contribution in [1.82, 2.24) is 0 Å². The van der Waals surface area contributed by atoms with Gasteiger partial charge in [0.1, 0.15) is 0 Å². The molecular formula is C15H28. The summed E-state index contributed by atoms with van der Waals surface area (Å²) in [6.45, 7) is 8.56. The van der Waals surface area contributed by atoms with E-state index in [0.717, 1.165) is 5.92 Å². The number of rotatable bonds is 1. The van der Waals surface area contributed by atoms with Crippen molar-refractivity contribution in [1.29, 1.82) is 0 Å². The van der Waals surface area contributed by atoms with Gasteiger partial charge in [-0.25, -0.2) is 0 Å². The second-order valence-electron chi connectivity index (χ2n) is 3.82. The number of allylic oxidation sites excluding steroid dienone is 2. The lowest BCUT2D eigenvalue weighted by Gasteiger charge is -1.97. The minimum atomic E-state index is 0.935. The first-order chi connectivity index (χ1) is 7.33. The Morgan fingerprint density at radius 1 is 1.20 bits per heavy atom. The van der Waals surface area contributed by atoms with Crippen LogP contribution in [0.15, 0.2) is 11.6 Å². The molecule has 15 heavy (non-hydrogen) atoms. The van der Waals surface area contributed by atoms with E-state index in [1.165, 1.54) is 38.5 Å². The van der Waals surface area contributed by atoms with Crippen LogP contribution in [0.25, 0.3) is 0 Å². The summed E-state index contributed by atoms with van der Waals surface area (Å²) in [5.41, 5.74) is 1.66. The zero-order valence-electron chi connectivity index (χ0n) is 11.1. The van der Waals surface area contributed by atoms with Crippen LogP contribution in [0, 0.1) is 18.8 Å². The van der Waals surface area contributed by atoms with E-state index in [9.17, 15) is 0 Å². The van der Waals surface area contributed by atoms with Gasteiger partial charge in [0, 0.05) is 0 Å². The van der Waals surface area contributed by atoms with E-state index < -0.39 is 0 Å². The number of terminal acetylenes is 1. The molecule has 0 saturated heterocycles. The van der Waals surface area contributed by atoms with E-state index in [-0.39, 0.29) is 0 Å². The van der Waals surface area contributed by atoms with Crippen LogP contribution < -0.4 is 0 Å². The van der Waals surface area contributed by atoms with Crippen molar-refractivity contribution in [3.8, 4) is 12.8 Å². The molecule has 2 aliphatic rings. The Hall–Kier alpha value is -0.700. The second kappa shape index (κ2) is 13.3. The Kier molecular flexibility index (Phi) is 14.8. The standard InChI is InChI=1S/C8H14.C3H6.C2H6.C2H2/c1-3-8-5-4-7(2)6-8;1-2-3-1;2*1-2/h5,7H,3-4,6H2,1-2H3;1-3H2;1-2H3;1-2H. The molecule has 0 heterocycles. The van der Waals surface area contributed by atoms with Gasteiger partial charge in [-0.1, -0.05) is 58.6 Å². The van der Waals surface area contributed by atoms with E-state index in [4.69, 9.17) is 0 Å². The van der Waals surface area contributed by atoms with Crippen molar-refractivity contribution in [3.63, 3.8) is 0 Å². The molecule has 1 unspecified atom stereocenters. The van der Waals surface area contributed by atoms with Crippen LogP contribution in [0.1, 0.15) is 66.2 Å². The Labute approximate surface area is 97.2 Å². The van der Waals surface area contributed by atoms with Gasteiger partial charge in [0.2, 0.25) is 0 Å². The molecule has 2 aliphatic carbocycles. The lowest BCUT2D eigenvalue weighted by atomic mass is 10.1. The average Bonchev–Trinajstić information content (AvgIpc) is 3.14. The van der Waals surface area contributed by atoms with Crippen LogP contribution in [-0.2, 0) is 0 Å². The first-order valence-electron chi connectivity index (χ1n) is 6.34. The molecule has 88 valence electrons. The maximum atomic E-state index is 4.00. The first kappa shape index (κ1) is 16.7. The lowest BCUT2D eigenvalue weighted by molar-refractivity contribution is 0.622. The minimum Gasteiger partial charge on any atom is -0.124 e. The Morgan fingerprint density at radius 3 is 1.80 bits per heavy atom. The Balaban J connectivity index is 0. The van der Waals surface area contributed by atoms with Crippen LogP contribution in [0.2, 0.25) is 0 Å². The zero-order valence-corrected chi connectivity index (χ0v) is 11.1. The van der Waals surface area contributed by atoms with Crippen LogP contribution in [0.5, 0.6) is 0 Å². The number of hydrogen-bond acceptors (Lipinski definition) is 0. The van der Waals surface area contributed by atoms with Gasteiger partial charge in [0.25, 0.3) is 0 Å². The SMILES string of the molecule is C#C.C1CC1.CC.CCC1=CCC(C)C1. The van der Waals surface area contributed by atoms with E-state index in [0.29, 0.717) is 0 Å². The normalized spacial score (nSPS) is 20.4. The summed E-state index contributed by atoms with van der Waals surface area (Å²) in [4.78, 5) is 0. The van der Waals surface area contributed by atoms with Gasteiger partial charge in [-0.2, -0.15) is 0 Å². The van der Waals surface area contributed by atoms with Crippen molar-refractivity contribution in [2.75, 3.05) is 0 Å². The summed E-state index contributed by atoms with van der Waals surface area (Å²) >= 11 is 0. The highest BCUT2D eigenvalue weighted by Gasteiger charge is 2.09. The van der Waals surface area contributed by atoms with Gasteiger partial charge in [0.15, 0.2) is 0 Å². The Morgan fingerprint density at radius 2 is 1.67 bits per heavy atom. The zero-order chi connectivity index (χ0) is 12.1. The van der Waals surface area contributed by atoms with Crippen molar-refractivity contribution in [2.24, 2.45) is 5.92 Å². The maximum Gasteiger partial charge on any atom is -0.0292 e. The molecule has 0 aromatic heterocycles. The number of hydrogen-bond donors (Lipinski definition) is 0. The fourth-order valence-corrected chi connectivity index (χ4v) is 1.27. The van der Waals surface area contributed by atoms with Gasteiger partial charge in [-0.3, -0.25) is 0 Å². The molecule has 0 amide bonds. The molecule has 0 aromatic rings. The van der Waals surface area contributed by atoms with E-state index in [1.807, 2.05) is 13.8 Å². The fraction of sp³-hybridized carbons (Fsp3) is 0.733. The van der Waals surface area contributed by atoms with Gasteiger partial charge < -0.3 is 0 Å². The van der Waals surface area contributed by atoms with Crippen molar-refractivity contribution in [3.05, 3.63) is 11.6 Å². The second-order valence-corrected chi connectivity index (χ2v) is 3.82. The smallest absolute Gasteiger partial charge is 0.0292 e. The van der Waals surface area contributed by atoms with Crippen molar-refractivity contribution < 1.29 is 0 Å². The average molecular weight is 208 g/mol. The maximum absolute atomic E-state index is 4.00. The van der Waals surface area contributed by atoms with Gasteiger partial charge in [-0.05, 0) is 25.2 Å². The van der Waals surface area contributed by atoms with Crippen LogP contribution in [0.3, 0.4) is 0 Å². The van der Waals surface area contributed by atoms with Crippen LogP contribution in [-0.4, -0.2) is 0 Å². The molecule has 1 atom stereocenters. The lowest BCUT2D eigenvalue weighted by Crippen LogP contribution is -1.83. The van der Waals surface area contributed by atoms with E-state index >= 15 is 0 Å². The first-order valence-corrected chi connectivity index (χ1v) is 6.34. The molecule has 1 saturated carbocycles. The summed E-state index contributed by atoms with van der Waals surface area (Å²) in [6, 6.07) is 0. The summed E-state index contributed by atoms with van der Waals surface area (Å²) in [5.74, 6) is 0.935. The summed E-state index contributed by atoms with van der Waals surface area (Å²) in [6.07, 6.45) is 18.8. The fourth-order valence-electron chi connectivity index (χ4n) is 1.27. The quantitative estimate of drug-likeness (QED) is 0.410. The molecule has 1 fully saturated rings. The van der Waals surface area contributed by atoms with E-state index in [2.05, 4.69) is 32.8 Å². The molecule has 0 heteroatoms. The summed E-state index contributed by atoms with van der Waals surface area (Å²) < 4.78 is 0. The monoisotopic (exact) mass is 208 g/mol. The molecule has 0 aliphatic heterocycles. The molecule has 0 aromatic carbocycles. The van der Waals surface area contributed by atoms with Crippen molar-refractivity contribution >= 4 is 0 Å². The Bertz CT molecular complexity index is 157. The third-order valence-corrected chi connectivity index (χ3v) is 2.23. The molecular weight excluding hydrogens is 180 g/mol. The molecule has 2 rings (SSSR count). The molecule has 0 radical (unpaired) electrons. The minimum absolute atomic E-state index is 0.935. The van der Waals surface area contributed by atoms with Gasteiger partial charge in [0.05, 0.1) is 0 Å². The largest absolute Gasteiger partial charge is 0.124 e. The van der Waals surface area contributed by atoms with Gasteiger partial charge in [-0.15, -0.1) is 12.8 Å². The topological polar surface area (TPSA) is 0 Å². The van der Waals surface area contributed by atoms with E-state index in [1.54, 1.807) is 5.57 Å². The highest BCUT2D eigenvalue weighted by atomic mass is 14.1. The third kappa shape index (κ3) is 13.3. The summed E-state index contributed by atoms with van der Waals surface area (Å²) in [5, 5.41) is 0. The molecule has 0 N–H and O–H groups in total. The predicted octanol–water partition coefficient (Wildman–Crippen LogP) is 5.20. The van der Waals surface area contributed by atoms with Gasteiger partial charge >= 0.3 is 0 Å². The van der Waals surface area contributed by atoms with Crippen molar-refractivity contribution in [2.45, 2.75) is 66.2 Å². The molecule has 0 spiro atoms. The third-order valence-electron chi connectivity index (χ3n) is 2.23. The summed E-state index contributed by atoms with van der Waals surface area (Å²) in [7, 11) is 0. The highest BCUT2D eigenvalue weighted by molar-refractivity contribution is 5.08. The molecule has 0 nitrogen and oxygen atoms in total. The molecule has 0 bridgehead atoms.